The summed E-state index contributed by atoms with van der Waals surface area (Å²) in [5, 5.41) is 0.667. The number of aromatic amines is 1. The van der Waals surface area contributed by atoms with Crippen LogP contribution >= 0.6 is 23.4 Å². The van der Waals surface area contributed by atoms with E-state index in [-0.39, 0.29) is 5.12 Å². The maximum Gasteiger partial charge on any atom is 0.206 e. The van der Waals surface area contributed by atoms with Crippen LogP contribution in [0.15, 0.2) is 36.8 Å². The molecule has 1 aromatic carbocycles. The highest BCUT2D eigenvalue weighted by atomic mass is 35.5. The summed E-state index contributed by atoms with van der Waals surface area (Å²) in [4.78, 5) is 18.7. The van der Waals surface area contributed by atoms with Crippen LogP contribution in [-0.2, 0) is 17.0 Å². The third-order valence-corrected chi connectivity index (χ3v) is 3.91. The van der Waals surface area contributed by atoms with Crippen molar-refractivity contribution >= 4 is 28.5 Å². The molecule has 6 heteroatoms. The molecule has 0 aliphatic heterocycles. The van der Waals surface area contributed by atoms with Crippen LogP contribution in [0.25, 0.3) is 0 Å². The number of halogens is 1. The number of carbonyl (C=O) groups excluding carboxylic acids is 1. The minimum absolute atomic E-state index is 0.0236. The molecular weight excluding hydrogens is 282 g/mol. The van der Waals surface area contributed by atoms with Crippen molar-refractivity contribution in [2.75, 3.05) is 0 Å². The molecule has 0 radical (unpaired) electrons. The van der Waals surface area contributed by atoms with E-state index >= 15 is 0 Å². The quantitative estimate of drug-likeness (QED) is 0.888. The van der Waals surface area contributed by atoms with E-state index in [2.05, 4.69) is 9.97 Å². The van der Waals surface area contributed by atoms with Gasteiger partial charge >= 0.3 is 0 Å². The summed E-state index contributed by atoms with van der Waals surface area (Å²) in [5.74, 6) is 0.604. The first-order valence-corrected chi connectivity index (χ1v) is 7.15. The Hall–Kier alpha value is -1.30. The van der Waals surface area contributed by atoms with Gasteiger partial charge in [0.05, 0.1) is 12.4 Å². The number of carbonyl (C=O) groups is 1. The number of thioether (sulfide) groups is 1. The van der Waals surface area contributed by atoms with E-state index in [0.717, 1.165) is 11.3 Å². The average Bonchev–Trinajstić information content (AvgIpc) is 2.90. The summed E-state index contributed by atoms with van der Waals surface area (Å²) < 4.78 is 0. The fourth-order valence-electron chi connectivity index (χ4n) is 1.56. The number of nitrogens with two attached hydrogens (primary N) is 1. The van der Waals surface area contributed by atoms with Gasteiger partial charge in [0.15, 0.2) is 0 Å². The Morgan fingerprint density at radius 2 is 2.16 bits per heavy atom. The zero-order valence-corrected chi connectivity index (χ0v) is 11.7. The van der Waals surface area contributed by atoms with Crippen LogP contribution in [0, 0.1) is 0 Å². The molecule has 2 aromatic rings. The first-order valence-electron chi connectivity index (χ1n) is 5.79. The lowest BCUT2D eigenvalue weighted by atomic mass is 10.2. The molecule has 0 aliphatic rings. The van der Waals surface area contributed by atoms with Crippen molar-refractivity contribution in [2.24, 2.45) is 5.73 Å². The predicted molar refractivity (Wildman–Crippen MR) is 78.0 cm³/mol. The lowest BCUT2D eigenvalue weighted by Gasteiger charge is -2.08. The Kier molecular flexibility index (Phi) is 5.01. The SMILES string of the molecule is N[C@@H](Cc1cnc[nH]1)C(=O)SCc1ccc(Cl)cc1. The largest absolute Gasteiger partial charge is 0.348 e. The Bertz CT molecular complexity index is 527. The second-order valence-electron chi connectivity index (χ2n) is 4.12. The van der Waals surface area contributed by atoms with E-state index in [1.165, 1.54) is 11.8 Å². The Labute approximate surface area is 120 Å². The van der Waals surface area contributed by atoms with Crippen LogP contribution in [0.1, 0.15) is 11.3 Å². The average molecular weight is 296 g/mol. The molecular formula is C13H14ClN3OS. The molecule has 100 valence electrons. The highest BCUT2D eigenvalue weighted by Gasteiger charge is 2.15. The molecule has 19 heavy (non-hydrogen) atoms. The zero-order chi connectivity index (χ0) is 13.7. The van der Waals surface area contributed by atoms with Gasteiger partial charge in [-0.15, -0.1) is 0 Å². The van der Waals surface area contributed by atoms with Crippen molar-refractivity contribution in [1.29, 1.82) is 0 Å². The van der Waals surface area contributed by atoms with Crippen LogP contribution in [0.4, 0.5) is 0 Å². The monoisotopic (exact) mass is 295 g/mol. The summed E-state index contributed by atoms with van der Waals surface area (Å²) in [7, 11) is 0. The maximum atomic E-state index is 11.9. The van der Waals surface area contributed by atoms with Crippen molar-refractivity contribution in [1.82, 2.24) is 9.97 Å². The number of nitrogens with one attached hydrogen (secondary N) is 1. The third-order valence-electron chi connectivity index (χ3n) is 2.59. The van der Waals surface area contributed by atoms with E-state index in [1.807, 2.05) is 24.3 Å². The molecule has 0 bridgehead atoms. The number of hydrogen-bond acceptors (Lipinski definition) is 4. The van der Waals surface area contributed by atoms with Crippen molar-refractivity contribution in [3.05, 3.63) is 53.1 Å². The van der Waals surface area contributed by atoms with Crippen molar-refractivity contribution < 1.29 is 4.79 Å². The highest BCUT2D eigenvalue weighted by Crippen LogP contribution is 2.17. The van der Waals surface area contributed by atoms with Gasteiger partial charge in [-0.1, -0.05) is 35.5 Å². The molecule has 1 aromatic heterocycles. The molecule has 2 rings (SSSR count). The minimum Gasteiger partial charge on any atom is -0.348 e. The number of H-pyrrole nitrogens is 1. The number of aromatic nitrogens is 2. The lowest BCUT2D eigenvalue weighted by Crippen LogP contribution is -2.30. The summed E-state index contributed by atoms with van der Waals surface area (Å²) in [6.07, 6.45) is 3.73. The molecule has 0 saturated carbocycles. The highest BCUT2D eigenvalue weighted by molar-refractivity contribution is 8.13. The zero-order valence-electron chi connectivity index (χ0n) is 10.2. The van der Waals surface area contributed by atoms with Gasteiger partial charge in [0.2, 0.25) is 5.12 Å². The van der Waals surface area contributed by atoms with Gasteiger partial charge < -0.3 is 10.7 Å². The van der Waals surface area contributed by atoms with Gasteiger partial charge in [0.1, 0.15) is 0 Å². The van der Waals surface area contributed by atoms with Crippen molar-refractivity contribution in [3.63, 3.8) is 0 Å². The van der Waals surface area contributed by atoms with Gasteiger partial charge in [-0.2, -0.15) is 0 Å². The van der Waals surface area contributed by atoms with E-state index < -0.39 is 6.04 Å². The fourth-order valence-corrected chi connectivity index (χ4v) is 2.48. The smallest absolute Gasteiger partial charge is 0.206 e. The second kappa shape index (κ2) is 6.75. The Morgan fingerprint density at radius 3 is 2.79 bits per heavy atom. The molecule has 0 spiro atoms. The molecule has 3 N–H and O–H groups in total. The molecule has 0 aliphatic carbocycles. The summed E-state index contributed by atoms with van der Waals surface area (Å²) in [6.45, 7) is 0. The standard InChI is InChI=1S/C13H14ClN3OS/c14-10-3-1-9(2-4-10)7-19-13(18)12(15)5-11-6-16-8-17-11/h1-4,6,8,12H,5,7,15H2,(H,16,17)/t12-/m0/s1. The topological polar surface area (TPSA) is 71.8 Å². The lowest BCUT2D eigenvalue weighted by molar-refractivity contribution is -0.112. The van der Waals surface area contributed by atoms with Gasteiger partial charge in [-0.3, -0.25) is 4.79 Å². The van der Waals surface area contributed by atoms with Gasteiger partial charge in [0, 0.05) is 29.1 Å². The number of imidazole rings is 1. The van der Waals surface area contributed by atoms with Crippen LogP contribution in [0.2, 0.25) is 5.02 Å². The molecule has 0 amide bonds. The van der Waals surface area contributed by atoms with Gasteiger partial charge in [-0.25, -0.2) is 4.98 Å². The van der Waals surface area contributed by atoms with Crippen LogP contribution in [0.3, 0.4) is 0 Å². The number of rotatable bonds is 5. The van der Waals surface area contributed by atoms with Crippen molar-refractivity contribution in [2.45, 2.75) is 18.2 Å². The first-order chi connectivity index (χ1) is 9.15. The molecule has 0 fully saturated rings. The third kappa shape index (κ3) is 4.38. The summed E-state index contributed by atoms with van der Waals surface area (Å²) >= 11 is 7.03. The van der Waals surface area contributed by atoms with E-state index in [0.29, 0.717) is 17.2 Å². The number of nitrogens with zero attached hydrogens (tertiary/aromatic N) is 1. The Balaban J connectivity index is 1.82. The van der Waals surface area contributed by atoms with Crippen LogP contribution < -0.4 is 5.73 Å². The number of benzene rings is 1. The fraction of sp³-hybridized carbons (Fsp3) is 0.231. The molecule has 0 saturated heterocycles. The van der Waals surface area contributed by atoms with Gasteiger partial charge in [0.25, 0.3) is 0 Å². The summed E-state index contributed by atoms with van der Waals surface area (Å²) in [5.41, 5.74) is 7.78. The molecule has 1 atom stereocenters. The normalized spacial score (nSPS) is 12.3. The maximum absolute atomic E-state index is 11.9. The van der Waals surface area contributed by atoms with Gasteiger partial charge in [-0.05, 0) is 17.7 Å². The van der Waals surface area contributed by atoms with Crippen molar-refractivity contribution in [3.8, 4) is 0 Å². The van der Waals surface area contributed by atoms with E-state index in [9.17, 15) is 4.79 Å². The predicted octanol–water partition coefficient (Wildman–Crippen LogP) is 2.39. The Morgan fingerprint density at radius 1 is 1.42 bits per heavy atom. The molecule has 1 heterocycles. The van der Waals surface area contributed by atoms with Crippen LogP contribution in [0.5, 0.6) is 0 Å². The number of hydrogen-bond donors (Lipinski definition) is 2. The van der Waals surface area contributed by atoms with Crippen LogP contribution in [-0.4, -0.2) is 21.1 Å². The molecule has 0 unspecified atom stereocenters. The van der Waals surface area contributed by atoms with E-state index in [1.54, 1.807) is 12.5 Å². The van der Waals surface area contributed by atoms with E-state index in [4.69, 9.17) is 17.3 Å². The molecule has 4 nitrogen and oxygen atoms in total. The minimum atomic E-state index is -0.516. The first kappa shape index (κ1) is 14.1. The second-order valence-corrected chi connectivity index (χ2v) is 5.54. The summed E-state index contributed by atoms with van der Waals surface area (Å²) in [6, 6.07) is 6.92.